The maximum absolute atomic E-state index is 14.7. The van der Waals surface area contributed by atoms with E-state index in [2.05, 4.69) is 15.3 Å². The van der Waals surface area contributed by atoms with Gasteiger partial charge in [-0.3, -0.25) is 8.98 Å². The summed E-state index contributed by atoms with van der Waals surface area (Å²) in [7, 11) is -3.08. The molecule has 4 atom stereocenters. The Hall–Kier alpha value is -2.92. The van der Waals surface area contributed by atoms with Crippen molar-refractivity contribution in [3.05, 3.63) is 64.0 Å². The molecule has 0 spiro atoms. The average Bonchev–Trinajstić information content (AvgIpc) is 3.57. The number of nitrogens with zero attached hydrogens (tertiary/aromatic N) is 3. The Bertz CT molecular complexity index is 1380. The Morgan fingerprint density at radius 3 is 2.76 bits per heavy atom. The molecule has 0 saturated heterocycles. The average molecular weight is 564 g/mol. The Kier molecular flexibility index (Phi) is 7.66. The smallest absolute Gasteiger partial charge is 0.387 e. The lowest BCUT2D eigenvalue weighted by molar-refractivity contribution is -0.134. The highest BCUT2D eigenvalue weighted by Gasteiger charge is 2.46. The van der Waals surface area contributed by atoms with Gasteiger partial charge in [0.15, 0.2) is 5.78 Å². The minimum absolute atomic E-state index is 0.0235. The van der Waals surface area contributed by atoms with Crippen LogP contribution in [0.4, 0.5) is 23.4 Å². The second-order valence-electron chi connectivity index (χ2n) is 8.16. The van der Waals surface area contributed by atoms with Gasteiger partial charge in [0.1, 0.15) is 35.4 Å². The van der Waals surface area contributed by atoms with E-state index in [0.717, 1.165) is 19.4 Å². The summed E-state index contributed by atoms with van der Waals surface area (Å²) in [4.78, 5) is 20.7. The number of nitrogens with one attached hydrogen (secondary N) is 2. The molecule has 1 aliphatic rings. The van der Waals surface area contributed by atoms with Crippen molar-refractivity contribution in [2.45, 2.75) is 43.6 Å². The topological polar surface area (TPSA) is 135 Å². The van der Waals surface area contributed by atoms with Crippen LogP contribution < -0.4 is 10.0 Å². The maximum Gasteiger partial charge on any atom is 0.425 e. The highest BCUT2D eigenvalue weighted by Crippen LogP contribution is 2.35. The minimum Gasteiger partial charge on any atom is -0.387 e. The van der Waals surface area contributed by atoms with Crippen LogP contribution in [0.1, 0.15) is 32.1 Å². The molecule has 0 amide bonds. The van der Waals surface area contributed by atoms with Crippen molar-refractivity contribution in [2.24, 2.45) is 0 Å². The zero-order valence-electron chi connectivity index (χ0n) is 19.0. The Morgan fingerprint density at radius 2 is 2.08 bits per heavy atom. The monoisotopic (exact) mass is 563 g/mol. The Balaban J connectivity index is 1.48. The van der Waals surface area contributed by atoms with Crippen molar-refractivity contribution in [1.29, 1.82) is 0 Å². The van der Waals surface area contributed by atoms with Crippen molar-refractivity contribution in [1.82, 2.24) is 19.3 Å². The van der Waals surface area contributed by atoms with Crippen LogP contribution >= 0.6 is 11.3 Å². The molecule has 0 bridgehead atoms. The van der Waals surface area contributed by atoms with Gasteiger partial charge in [-0.05, 0) is 18.2 Å². The first-order chi connectivity index (χ1) is 17.4. The highest BCUT2D eigenvalue weighted by atomic mass is 32.2. The van der Waals surface area contributed by atoms with Crippen molar-refractivity contribution < 1.29 is 40.1 Å². The van der Waals surface area contributed by atoms with Gasteiger partial charge in [0.05, 0.1) is 18.2 Å². The predicted molar refractivity (Wildman–Crippen MR) is 124 cm³/mol. The van der Waals surface area contributed by atoms with Gasteiger partial charge in [-0.2, -0.15) is 26.3 Å². The number of anilines is 1. The summed E-state index contributed by atoms with van der Waals surface area (Å²) < 4.78 is 84.8. The lowest BCUT2D eigenvalue weighted by Gasteiger charge is -2.17. The number of aliphatic hydroxyl groups excluding tert-OH is 1. The number of carbonyl (C=O) groups excluding carboxylic acids is 1. The third kappa shape index (κ3) is 6.15. The van der Waals surface area contributed by atoms with Crippen LogP contribution in [-0.4, -0.2) is 65.3 Å². The zero-order valence-corrected chi connectivity index (χ0v) is 20.6. The van der Waals surface area contributed by atoms with E-state index >= 15 is 0 Å². The largest absolute Gasteiger partial charge is 0.425 e. The van der Waals surface area contributed by atoms with Gasteiger partial charge in [0.2, 0.25) is 0 Å². The normalized spacial score (nSPS) is 22.3. The fourth-order valence-electron chi connectivity index (χ4n) is 3.82. The summed E-state index contributed by atoms with van der Waals surface area (Å²) >= 11 is 0.605. The SMILES string of the molecule is CNS(=O)(=O)O[C@@H]1C[C@@H](Nc2ncncc2C(=O)c2ccn(Cc3ccc(C(F)(F)F)s3)c2)[C@@H](F)[C@@H]1O. The van der Waals surface area contributed by atoms with Crippen molar-refractivity contribution in [3.63, 3.8) is 0 Å². The lowest BCUT2D eigenvalue weighted by Crippen LogP contribution is -2.35. The van der Waals surface area contributed by atoms with Crippen LogP contribution in [0.25, 0.3) is 0 Å². The molecule has 1 aliphatic carbocycles. The van der Waals surface area contributed by atoms with Gasteiger partial charge in [0.25, 0.3) is 0 Å². The first-order valence-corrected chi connectivity index (χ1v) is 13.0. The number of ketones is 1. The number of halogens is 4. The number of carbonyl (C=O) groups is 1. The van der Waals surface area contributed by atoms with E-state index in [9.17, 15) is 35.9 Å². The molecule has 16 heteroatoms. The van der Waals surface area contributed by atoms with E-state index in [1.54, 1.807) is 4.57 Å². The molecule has 3 aromatic rings. The lowest BCUT2D eigenvalue weighted by atomic mass is 10.1. The molecule has 3 N–H and O–H groups in total. The first-order valence-electron chi connectivity index (χ1n) is 10.7. The van der Waals surface area contributed by atoms with E-state index in [1.807, 2.05) is 4.72 Å². The van der Waals surface area contributed by atoms with Gasteiger partial charge in [-0.1, -0.05) is 0 Å². The standard InChI is InChI=1S/C21H21F4N5O5S2/c1-26-37(33,34)35-15-6-14(17(22)19(15)32)29-20-13(7-27-10-28-20)18(31)11-4-5-30(8-11)9-12-2-3-16(36-12)21(23,24)25/h2-5,7-8,10,14-15,17,19,26,32H,6,9H2,1H3,(H,27,28,29)/t14-,15-,17-,19-/m1/s1. The number of rotatable bonds is 9. The number of hydrogen-bond acceptors (Lipinski definition) is 9. The summed E-state index contributed by atoms with van der Waals surface area (Å²) in [5, 5.41) is 12.8. The van der Waals surface area contributed by atoms with Crippen LogP contribution in [-0.2, 0) is 27.2 Å². The molecule has 0 aromatic carbocycles. The number of thiophene rings is 1. The van der Waals surface area contributed by atoms with Gasteiger partial charge in [0, 0.05) is 42.5 Å². The van der Waals surface area contributed by atoms with Gasteiger partial charge < -0.3 is 15.0 Å². The van der Waals surface area contributed by atoms with Crippen LogP contribution in [0, 0.1) is 0 Å². The van der Waals surface area contributed by atoms with Crippen LogP contribution in [0.3, 0.4) is 0 Å². The quantitative estimate of drug-likeness (QED) is 0.267. The molecule has 3 aromatic heterocycles. The fraction of sp³-hybridized carbons (Fsp3) is 0.381. The number of alkyl halides is 4. The summed E-state index contributed by atoms with van der Waals surface area (Å²) in [6.45, 7) is 0.116. The summed E-state index contributed by atoms with van der Waals surface area (Å²) in [6.07, 6.45) is -4.39. The fourth-order valence-corrected chi connectivity index (χ4v) is 5.32. The van der Waals surface area contributed by atoms with Gasteiger partial charge in [-0.25, -0.2) is 14.4 Å². The summed E-state index contributed by atoms with van der Waals surface area (Å²) in [6, 6.07) is 2.71. The molecule has 1 fully saturated rings. The number of hydrogen-bond donors (Lipinski definition) is 3. The molecule has 0 radical (unpaired) electrons. The molecule has 3 heterocycles. The zero-order chi connectivity index (χ0) is 27.0. The first kappa shape index (κ1) is 27.1. The van der Waals surface area contributed by atoms with Crippen molar-refractivity contribution in [2.75, 3.05) is 12.4 Å². The van der Waals surface area contributed by atoms with Crippen LogP contribution in [0.2, 0.25) is 0 Å². The third-order valence-electron chi connectivity index (χ3n) is 5.65. The molecular formula is C21H21F4N5O5S2. The Morgan fingerprint density at radius 1 is 1.32 bits per heavy atom. The van der Waals surface area contributed by atoms with E-state index in [0.29, 0.717) is 16.2 Å². The summed E-state index contributed by atoms with van der Waals surface area (Å²) in [5.74, 6) is -0.582. The number of aromatic nitrogens is 3. The second-order valence-corrected chi connectivity index (χ2v) is 10.8. The van der Waals surface area contributed by atoms with Crippen molar-refractivity contribution in [3.8, 4) is 0 Å². The van der Waals surface area contributed by atoms with Crippen LogP contribution in [0.5, 0.6) is 0 Å². The molecule has 4 rings (SSSR count). The maximum atomic E-state index is 14.7. The van der Waals surface area contributed by atoms with Gasteiger partial charge in [-0.15, -0.1) is 11.3 Å². The van der Waals surface area contributed by atoms with Gasteiger partial charge >= 0.3 is 16.5 Å². The molecule has 0 aliphatic heterocycles. The van der Waals surface area contributed by atoms with E-state index < -0.39 is 51.6 Å². The second kappa shape index (κ2) is 10.4. The van der Waals surface area contributed by atoms with E-state index in [1.165, 1.54) is 30.7 Å². The van der Waals surface area contributed by atoms with Crippen LogP contribution in [0.15, 0.2) is 43.1 Å². The molecule has 200 valence electrons. The van der Waals surface area contributed by atoms with E-state index in [4.69, 9.17) is 4.18 Å². The van der Waals surface area contributed by atoms with E-state index in [-0.39, 0.29) is 29.9 Å². The third-order valence-corrected chi connectivity index (χ3v) is 7.76. The highest BCUT2D eigenvalue weighted by molar-refractivity contribution is 7.84. The molecule has 1 saturated carbocycles. The summed E-state index contributed by atoms with van der Waals surface area (Å²) in [5.41, 5.74) is 0.166. The molecule has 10 nitrogen and oxygen atoms in total. The predicted octanol–water partition coefficient (Wildman–Crippen LogP) is 2.37. The number of aliphatic hydroxyl groups is 1. The van der Waals surface area contributed by atoms with Crippen molar-refractivity contribution >= 4 is 33.2 Å². The molecule has 37 heavy (non-hydrogen) atoms. The molecular weight excluding hydrogens is 542 g/mol. The Labute approximate surface area is 212 Å². The minimum atomic E-state index is -4.43. The molecule has 0 unspecified atom stereocenters.